The van der Waals surface area contributed by atoms with Gasteiger partial charge in [0.25, 0.3) is 0 Å². The summed E-state index contributed by atoms with van der Waals surface area (Å²) in [6.45, 7) is 10.1. The Morgan fingerprint density at radius 2 is 1.52 bits per heavy atom. The maximum absolute atomic E-state index is 12.7. The average molecular weight is 625 g/mol. The van der Waals surface area contributed by atoms with Crippen LogP contribution >= 0.6 is 0 Å². The summed E-state index contributed by atoms with van der Waals surface area (Å²) in [6, 6.07) is 0. The highest BCUT2D eigenvalue weighted by Gasteiger charge is 2.69. The molecule has 0 unspecified atom stereocenters. The van der Waals surface area contributed by atoms with Crippen LogP contribution in [0.2, 0.25) is 0 Å². The van der Waals surface area contributed by atoms with Crippen molar-refractivity contribution in [3.8, 4) is 0 Å². The normalized spacial score (nSPS) is 50.8. The summed E-state index contributed by atoms with van der Waals surface area (Å²) in [6.07, 6.45) is -2.41. The first kappa shape index (κ1) is 32.6. The van der Waals surface area contributed by atoms with E-state index in [1.54, 1.807) is 0 Å². The zero-order valence-electron chi connectivity index (χ0n) is 26.4. The van der Waals surface area contributed by atoms with Crippen LogP contribution in [-0.4, -0.2) is 97.7 Å². The molecule has 2 heterocycles. The predicted molar refractivity (Wildman–Crippen MR) is 155 cm³/mol. The molecule has 2 saturated heterocycles. The minimum absolute atomic E-state index is 0.0990. The van der Waals surface area contributed by atoms with Gasteiger partial charge in [-0.05, 0) is 97.7 Å². The van der Waals surface area contributed by atoms with Crippen molar-refractivity contribution in [1.29, 1.82) is 0 Å². The van der Waals surface area contributed by atoms with E-state index in [-0.39, 0.29) is 22.9 Å². The van der Waals surface area contributed by atoms with Gasteiger partial charge < -0.3 is 44.8 Å². The van der Waals surface area contributed by atoms with Crippen molar-refractivity contribution in [3.63, 3.8) is 0 Å². The van der Waals surface area contributed by atoms with Crippen molar-refractivity contribution < 1.29 is 54.4 Å². The topological polar surface area (TPSA) is 183 Å². The minimum atomic E-state index is -2.37. The maximum Gasteiger partial charge on any atom is 0.338 e. The molecule has 6 fully saturated rings. The van der Waals surface area contributed by atoms with Gasteiger partial charge >= 0.3 is 11.9 Å². The number of aliphatic carboxylic acids is 1. The Hall–Kier alpha value is -1.34. The SMILES string of the molecule is C[C@@H]1CC[C@@]2(OC1)O[C@H]1C[C@H]3[C@@H]4C[C@H](O)[C@H]5C[C@@H](OC(=O)[C@H](O)[C@@H](O)[C@H](O)[C@H](O)C(=O)O)CC[C@]5(C)[C@H]4CC[C@]3(C)[C@H]1[C@@H]2C. The quantitative estimate of drug-likeness (QED) is 0.237. The van der Waals surface area contributed by atoms with Gasteiger partial charge in [-0.1, -0.05) is 27.7 Å². The lowest BCUT2D eigenvalue weighted by molar-refractivity contribution is -0.273. The van der Waals surface area contributed by atoms with Crippen molar-refractivity contribution in [2.75, 3.05) is 6.61 Å². The van der Waals surface area contributed by atoms with Crippen LogP contribution in [0, 0.1) is 52.3 Å². The van der Waals surface area contributed by atoms with Gasteiger partial charge in [0.15, 0.2) is 18.0 Å². The third kappa shape index (κ3) is 4.95. The molecule has 11 nitrogen and oxygen atoms in total. The highest BCUT2D eigenvalue weighted by atomic mass is 16.7. The lowest BCUT2D eigenvalue weighted by Crippen LogP contribution is -2.59. The molecule has 1 spiro atoms. The highest BCUT2D eigenvalue weighted by molar-refractivity contribution is 5.76. The fraction of sp³-hybridized carbons (Fsp3) is 0.939. The Kier molecular flexibility index (Phi) is 8.46. The van der Waals surface area contributed by atoms with E-state index in [1.165, 1.54) is 0 Å². The number of fused-ring (bicyclic) bond motifs is 7. The molecule has 4 saturated carbocycles. The summed E-state index contributed by atoms with van der Waals surface area (Å²) in [7, 11) is 0. The molecule has 0 radical (unpaired) electrons. The molecule has 0 aromatic rings. The summed E-state index contributed by atoms with van der Waals surface area (Å²) < 4.78 is 18.8. The third-order valence-corrected chi connectivity index (χ3v) is 13.7. The molecule has 0 bridgehead atoms. The molecular weight excluding hydrogens is 572 g/mol. The summed E-state index contributed by atoms with van der Waals surface area (Å²) in [4.78, 5) is 23.6. The second kappa shape index (κ2) is 11.4. The van der Waals surface area contributed by atoms with Crippen molar-refractivity contribution >= 4 is 11.9 Å². The summed E-state index contributed by atoms with van der Waals surface area (Å²) in [5, 5.41) is 60.1. The first-order valence-electron chi connectivity index (χ1n) is 16.8. The lowest BCUT2D eigenvalue weighted by atomic mass is 9.43. The molecule has 6 N–H and O–H groups in total. The number of aliphatic hydroxyl groups is 5. The number of aliphatic hydroxyl groups excluding tert-OH is 5. The van der Waals surface area contributed by atoms with Gasteiger partial charge in [-0.2, -0.15) is 0 Å². The number of esters is 1. The average Bonchev–Trinajstić information content (AvgIpc) is 3.43. The van der Waals surface area contributed by atoms with Crippen LogP contribution in [0.25, 0.3) is 0 Å². The predicted octanol–water partition coefficient (Wildman–Crippen LogP) is 1.84. The van der Waals surface area contributed by atoms with Crippen LogP contribution in [0.5, 0.6) is 0 Å². The van der Waals surface area contributed by atoms with Crippen molar-refractivity contribution in [2.45, 2.75) is 134 Å². The second-order valence-corrected chi connectivity index (χ2v) is 15.9. The third-order valence-electron chi connectivity index (χ3n) is 13.7. The number of ether oxygens (including phenoxy) is 3. The van der Waals surface area contributed by atoms with Crippen LogP contribution in [-0.2, 0) is 23.8 Å². The van der Waals surface area contributed by atoms with E-state index in [2.05, 4.69) is 27.7 Å². The summed E-state index contributed by atoms with van der Waals surface area (Å²) in [5.74, 6) is -0.932. The maximum atomic E-state index is 12.7. The van der Waals surface area contributed by atoms with Crippen molar-refractivity contribution in [1.82, 2.24) is 0 Å². The van der Waals surface area contributed by atoms with Crippen molar-refractivity contribution in [3.05, 3.63) is 0 Å². The van der Waals surface area contributed by atoms with Gasteiger partial charge in [-0.15, -0.1) is 0 Å². The van der Waals surface area contributed by atoms with E-state index in [1.807, 2.05) is 0 Å². The van der Waals surface area contributed by atoms with Crippen LogP contribution in [0.3, 0.4) is 0 Å². The Balaban J connectivity index is 1.12. The van der Waals surface area contributed by atoms with E-state index in [9.17, 15) is 35.1 Å². The number of carboxylic acid groups (broad SMARTS) is 1. The molecule has 17 atom stereocenters. The fourth-order valence-electron chi connectivity index (χ4n) is 11.3. The minimum Gasteiger partial charge on any atom is -0.479 e. The summed E-state index contributed by atoms with van der Waals surface area (Å²) in [5.41, 5.74) is -0.00686. The van der Waals surface area contributed by atoms with Gasteiger partial charge in [0.1, 0.15) is 18.3 Å². The van der Waals surface area contributed by atoms with Crippen LogP contribution < -0.4 is 0 Å². The number of carboxylic acids is 1. The Bertz CT molecular complexity index is 1110. The second-order valence-electron chi connectivity index (χ2n) is 15.9. The van der Waals surface area contributed by atoms with Crippen LogP contribution in [0.4, 0.5) is 0 Å². The molecule has 0 amide bonds. The molecule has 0 aromatic heterocycles. The van der Waals surface area contributed by atoms with E-state index in [4.69, 9.17) is 19.3 Å². The number of carbonyl (C=O) groups excluding carboxylic acids is 1. The van der Waals surface area contributed by atoms with Gasteiger partial charge in [0, 0.05) is 12.3 Å². The summed E-state index contributed by atoms with van der Waals surface area (Å²) >= 11 is 0. The van der Waals surface area contributed by atoms with Gasteiger partial charge in [0.2, 0.25) is 0 Å². The number of rotatable bonds is 6. The Morgan fingerprint density at radius 1 is 0.841 bits per heavy atom. The van der Waals surface area contributed by atoms with Crippen LogP contribution in [0.1, 0.15) is 85.5 Å². The van der Waals surface area contributed by atoms with Gasteiger partial charge in [0.05, 0.1) is 18.8 Å². The van der Waals surface area contributed by atoms with E-state index in [0.717, 1.165) is 45.1 Å². The fourth-order valence-corrected chi connectivity index (χ4v) is 11.3. The highest BCUT2D eigenvalue weighted by Crippen LogP contribution is 2.71. The van der Waals surface area contributed by atoms with E-state index in [0.29, 0.717) is 54.8 Å². The molecule has 0 aromatic carbocycles. The first-order chi connectivity index (χ1) is 20.6. The Labute approximate surface area is 259 Å². The van der Waals surface area contributed by atoms with Gasteiger partial charge in [-0.25, -0.2) is 9.59 Å². The molecule has 250 valence electrons. The molecular formula is C33H52O11. The molecule has 2 aliphatic heterocycles. The zero-order valence-corrected chi connectivity index (χ0v) is 26.4. The molecule has 6 rings (SSSR count). The smallest absolute Gasteiger partial charge is 0.338 e. The molecule has 11 heteroatoms. The Morgan fingerprint density at radius 3 is 2.18 bits per heavy atom. The number of carbonyl (C=O) groups is 2. The number of hydrogen-bond acceptors (Lipinski definition) is 10. The molecule has 6 aliphatic rings. The van der Waals surface area contributed by atoms with E-state index < -0.39 is 54.3 Å². The standard InChI is InChI=1S/C33H52O11/c1-15-5-10-33(42-14-15)16(2)24-23(44-33)13-20-18-12-22(34)21-11-17(6-8-31(21,3)19(18)7-9-32(20,24)4)43-30(41)28(38)26(36)25(35)27(37)29(39)40/h15-28,34-38H,5-14H2,1-4H3,(H,39,40)/t15-,16+,17+,18-,19+,20+,21-,22+,23+,24+,25+,26+,27+,28-,31-,32+,33-/m1/s1. The zero-order chi connectivity index (χ0) is 31.9. The largest absolute Gasteiger partial charge is 0.479 e. The molecule has 4 aliphatic carbocycles. The van der Waals surface area contributed by atoms with E-state index >= 15 is 0 Å². The number of hydrogen-bond donors (Lipinski definition) is 6. The van der Waals surface area contributed by atoms with Crippen LogP contribution in [0.15, 0.2) is 0 Å². The van der Waals surface area contributed by atoms with Crippen molar-refractivity contribution in [2.24, 2.45) is 52.3 Å². The lowest BCUT2D eigenvalue weighted by Gasteiger charge is -2.62. The molecule has 44 heavy (non-hydrogen) atoms. The monoisotopic (exact) mass is 624 g/mol. The first-order valence-corrected chi connectivity index (χ1v) is 16.8. The van der Waals surface area contributed by atoms with Gasteiger partial charge in [-0.3, -0.25) is 0 Å².